The molecule has 2 saturated carbocycles. The lowest BCUT2D eigenvalue weighted by Gasteiger charge is -2.17. The summed E-state index contributed by atoms with van der Waals surface area (Å²) in [5.41, 5.74) is -0.797. The molecule has 102 valence electrons. The zero-order chi connectivity index (χ0) is 13.4. The van der Waals surface area contributed by atoms with Gasteiger partial charge in [-0.25, -0.2) is 4.72 Å². The van der Waals surface area contributed by atoms with Gasteiger partial charge in [0.15, 0.2) is 0 Å². The fourth-order valence-corrected chi connectivity index (χ4v) is 3.26. The largest absolute Gasteiger partial charge is 0.303 e. The summed E-state index contributed by atoms with van der Waals surface area (Å²) in [5, 5.41) is 3.05. The molecule has 0 spiro atoms. The van der Waals surface area contributed by atoms with Crippen LogP contribution in [0.4, 0.5) is 0 Å². The van der Waals surface area contributed by atoms with Gasteiger partial charge in [-0.2, -0.15) is 13.1 Å². The second kappa shape index (κ2) is 4.64. The van der Waals surface area contributed by atoms with E-state index in [1.54, 1.807) is 6.08 Å². The summed E-state index contributed by atoms with van der Waals surface area (Å²) >= 11 is 0. The number of carbonyl (C=O) groups excluding carboxylic acids is 1. The molecule has 2 rings (SSSR count). The van der Waals surface area contributed by atoms with Crippen molar-refractivity contribution >= 4 is 16.1 Å². The maximum Gasteiger partial charge on any atom is 0.301 e. The molecule has 0 unspecified atom stereocenters. The molecule has 2 atom stereocenters. The minimum absolute atomic E-state index is 0.00595. The van der Waals surface area contributed by atoms with Crippen LogP contribution in [0.3, 0.4) is 0 Å². The van der Waals surface area contributed by atoms with Crippen molar-refractivity contribution in [3.05, 3.63) is 12.7 Å². The average molecular weight is 273 g/mol. The van der Waals surface area contributed by atoms with Gasteiger partial charge in [-0.1, -0.05) is 13.0 Å². The van der Waals surface area contributed by atoms with Crippen LogP contribution in [-0.2, 0) is 15.0 Å². The first-order valence-electron chi connectivity index (χ1n) is 6.15. The third kappa shape index (κ3) is 2.73. The van der Waals surface area contributed by atoms with E-state index in [0.29, 0.717) is 13.0 Å². The van der Waals surface area contributed by atoms with Gasteiger partial charge in [0, 0.05) is 12.0 Å². The van der Waals surface area contributed by atoms with Gasteiger partial charge in [0.25, 0.3) is 5.91 Å². The van der Waals surface area contributed by atoms with Crippen molar-refractivity contribution in [3.63, 3.8) is 0 Å². The van der Waals surface area contributed by atoms with Crippen molar-refractivity contribution in [3.8, 4) is 0 Å². The third-order valence-corrected chi connectivity index (χ3v) is 4.42. The number of hydrogen-bond acceptors (Lipinski definition) is 4. The van der Waals surface area contributed by atoms with E-state index in [-0.39, 0.29) is 12.0 Å². The molecule has 2 aliphatic rings. The van der Waals surface area contributed by atoms with E-state index >= 15 is 0 Å². The van der Waals surface area contributed by atoms with Gasteiger partial charge in [-0.15, -0.1) is 6.58 Å². The van der Waals surface area contributed by atoms with Crippen LogP contribution in [0.15, 0.2) is 12.7 Å². The smallest absolute Gasteiger partial charge is 0.301 e. The van der Waals surface area contributed by atoms with Gasteiger partial charge in [0.05, 0.1) is 0 Å². The van der Waals surface area contributed by atoms with Crippen molar-refractivity contribution in [1.82, 2.24) is 14.8 Å². The van der Waals surface area contributed by atoms with E-state index in [9.17, 15) is 13.2 Å². The predicted molar refractivity (Wildman–Crippen MR) is 67.9 cm³/mol. The standard InChI is InChI=1S/C11H19N3O3S/c1-3-8-7-11(8,12-4-2)10(15)14-18(16,17)13-9-5-6-9/h3,8-9,12-13H,1,4-7H2,2H3,(H,14,15)/t8-,11-/m1/s1. The van der Waals surface area contributed by atoms with Crippen molar-refractivity contribution < 1.29 is 13.2 Å². The molecule has 3 N–H and O–H groups in total. The molecule has 18 heavy (non-hydrogen) atoms. The van der Waals surface area contributed by atoms with Gasteiger partial charge in [0.2, 0.25) is 0 Å². The zero-order valence-electron chi connectivity index (χ0n) is 10.4. The van der Waals surface area contributed by atoms with Gasteiger partial charge in [-0.3, -0.25) is 4.79 Å². The summed E-state index contributed by atoms with van der Waals surface area (Å²) in [6.45, 7) is 6.14. The van der Waals surface area contributed by atoms with Crippen LogP contribution in [0.1, 0.15) is 26.2 Å². The van der Waals surface area contributed by atoms with Crippen molar-refractivity contribution in [1.29, 1.82) is 0 Å². The second-order valence-corrected chi connectivity index (χ2v) is 6.32. The zero-order valence-corrected chi connectivity index (χ0v) is 11.2. The minimum Gasteiger partial charge on any atom is -0.303 e. The fourth-order valence-electron chi connectivity index (χ4n) is 2.10. The van der Waals surface area contributed by atoms with Gasteiger partial charge < -0.3 is 5.32 Å². The van der Waals surface area contributed by atoms with Gasteiger partial charge in [0.1, 0.15) is 5.54 Å². The molecule has 2 fully saturated rings. The quantitative estimate of drug-likeness (QED) is 0.554. The molecule has 6 nitrogen and oxygen atoms in total. The minimum atomic E-state index is -3.73. The molecule has 1 amide bonds. The van der Waals surface area contributed by atoms with Crippen LogP contribution < -0.4 is 14.8 Å². The van der Waals surface area contributed by atoms with E-state index in [1.165, 1.54) is 0 Å². The van der Waals surface area contributed by atoms with Gasteiger partial charge >= 0.3 is 10.2 Å². The lowest BCUT2D eigenvalue weighted by molar-refractivity contribution is -0.122. The number of hydrogen-bond donors (Lipinski definition) is 3. The molecule has 0 aliphatic heterocycles. The highest BCUT2D eigenvalue weighted by atomic mass is 32.2. The Hall–Kier alpha value is -0.920. The molecule has 0 bridgehead atoms. The maximum absolute atomic E-state index is 12.1. The molecule has 0 heterocycles. The van der Waals surface area contributed by atoms with Crippen LogP contribution in [-0.4, -0.2) is 32.5 Å². The number of likely N-dealkylation sites (N-methyl/N-ethyl adjacent to an activating group) is 1. The summed E-state index contributed by atoms with van der Waals surface area (Å²) in [6.07, 6.45) is 3.95. The maximum atomic E-state index is 12.1. The second-order valence-electron chi connectivity index (χ2n) is 4.87. The highest BCUT2D eigenvalue weighted by molar-refractivity contribution is 7.88. The first-order valence-corrected chi connectivity index (χ1v) is 7.64. The molecule has 2 aliphatic carbocycles. The summed E-state index contributed by atoms with van der Waals surface area (Å²) < 4.78 is 27.9. The van der Waals surface area contributed by atoms with Crippen LogP contribution in [0.5, 0.6) is 0 Å². The van der Waals surface area contributed by atoms with Crippen LogP contribution in [0, 0.1) is 5.92 Å². The molecular formula is C11H19N3O3S. The summed E-state index contributed by atoms with van der Waals surface area (Å²) in [4.78, 5) is 12.1. The predicted octanol–water partition coefficient (Wildman–Crippen LogP) is -0.346. The van der Waals surface area contributed by atoms with Gasteiger partial charge in [-0.05, 0) is 25.8 Å². The molecule has 0 aromatic carbocycles. The first-order chi connectivity index (χ1) is 8.43. The van der Waals surface area contributed by atoms with Crippen molar-refractivity contribution in [2.75, 3.05) is 6.54 Å². The summed E-state index contributed by atoms with van der Waals surface area (Å²) in [6, 6.07) is -0.0141. The Morgan fingerprint density at radius 3 is 2.61 bits per heavy atom. The van der Waals surface area contributed by atoms with Crippen LogP contribution in [0.25, 0.3) is 0 Å². The van der Waals surface area contributed by atoms with E-state index in [2.05, 4.69) is 21.3 Å². The Morgan fingerprint density at radius 1 is 1.50 bits per heavy atom. The lowest BCUT2D eigenvalue weighted by atomic mass is 10.2. The summed E-state index contributed by atoms with van der Waals surface area (Å²) in [7, 11) is -3.73. The highest BCUT2D eigenvalue weighted by Gasteiger charge is 2.58. The molecular weight excluding hydrogens is 254 g/mol. The molecule has 0 saturated heterocycles. The molecule has 0 aromatic rings. The Labute approximate surface area is 107 Å². The lowest BCUT2D eigenvalue weighted by Crippen LogP contribution is -2.52. The number of rotatable bonds is 7. The topological polar surface area (TPSA) is 87.3 Å². The fraction of sp³-hybridized carbons (Fsp3) is 0.727. The highest BCUT2D eigenvalue weighted by Crippen LogP contribution is 2.44. The number of amides is 1. The monoisotopic (exact) mass is 273 g/mol. The Bertz CT molecular complexity index is 458. The third-order valence-electron chi connectivity index (χ3n) is 3.32. The van der Waals surface area contributed by atoms with Crippen LogP contribution >= 0.6 is 0 Å². The summed E-state index contributed by atoms with van der Waals surface area (Å²) in [5.74, 6) is -0.504. The normalized spacial score (nSPS) is 30.8. The van der Waals surface area contributed by atoms with E-state index in [4.69, 9.17) is 0 Å². The van der Waals surface area contributed by atoms with E-state index in [0.717, 1.165) is 12.8 Å². The molecule has 0 radical (unpaired) electrons. The SMILES string of the molecule is C=C[C@@H]1C[C@]1(NCC)C(=O)NS(=O)(=O)NC1CC1. The number of nitrogens with one attached hydrogen (secondary N) is 3. The van der Waals surface area contributed by atoms with Crippen molar-refractivity contribution in [2.45, 2.75) is 37.8 Å². The van der Waals surface area contributed by atoms with Crippen LogP contribution in [0.2, 0.25) is 0 Å². The Kier molecular flexibility index (Phi) is 3.48. The Balaban J connectivity index is 1.99. The van der Waals surface area contributed by atoms with Crippen molar-refractivity contribution in [2.24, 2.45) is 5.92 Å². The number of carbonyl (C=O) groups is 1. The molecule has 7 heteroatoms. The average Bonchev–Trinajstić information content (AvgIpc) is 3.14. The van der Waals surface area contributed by atoms with E-state index in [1.807, 2.05) is 6.92 Å². The Morgan fingerprint density at radius 2 is 2.17 bits per heavy atom. The first kappa shape index (κ1) is 13.5. The van der Waals surface area contributed by atoms with E-state index < -0.39 is 21.7 Å². The molecule has 0 aromatic heterocycles.